The normalized spacial score (nSPS) is 13.5. The highest BCUT2D eigenvalue weighted by molar-refractivity contribution is 5.66. The second-order valence-corrected chi connectivity index (χ2v) is 4.40. The zero-order chi connectivity index (χ0) is 12.1. The minimum absolute atomic E-state index is 0.309. The summed E-state index contributed by atoms with van der Waals surface area (Å²) in [5.41, 5.74) is -0.543. The van der Waals surface area contributed by atoms with Gasteiger partial charge in [0, 0.05) is 0 Å². The average molecular weight is 219 g/mol. The number of aliphatic hydroxyl groups excluding tert-OH is 1. The standard InChI is InChI=1S/C10H21NO4/c1-8(12)6-7-11(14-5)9(13)15-10(2,3)4/h8,12H,6-7H2,1-5H3. The van der Waals surface area contributed by atoms with Crippen molar-refractivity contribution in [1.82, 2.24) is 5.06 Å². The van der Waals surface area contributed by atoms with Gasteiger partial charge in [0.25, 0.3) is 0 Å². The number of hydrogen-bond acceptors (Lipinski definition) is 4. The van der Waals surface area contributed by atoms with Gasteiger partial charge in [0.15, 0.2) is 0 Å². The fourth-order valence-corrected chi connectivity index (χ4v) is 0.874. The zero-order valence-corrected chi connectivity index (χ0v) is 10.1. The maximum absolute atomic E-state index is 11.5. The number of hydroxylamine groups is 2. The maximum Gasteiger partial charge on any atom is 0.434 e. The number of ether oxygens (including phenoxy) is 1. The zero-order valence-electron chi connectivity index (χ0n) is 10.1. The van der Waals surface area contributed by atoms with E-state index in [0.717, 1.165) is 5.06 Å². The molecule has 0 bridgehead atoms. The SMILES string of the molecule is CON(CCC(C)O)C(=O)OC(C)(C)C. The number of aliphatic hydroxyl groups is 1. The van der Waals surface area contributed by atoms with Gasteiger partial charge in [0.2, 0.25) is 0 Å². The molecule has 0 saturated carbocycles. The number of rotatable bonds is 4. The van der Waals surface area contributed by atoms with Crippen LogP contribution in [0.1, 0.15) is 34.1 Å². The highest BCUT2D eigenvalue weighted by atomic mass is 16.7. The van der Waals surface area contributed by atoms with E-state index in [1.165, 1.54) is 7.11 Å². The molecule has 0 radical (unpaired) electrons. The first-order valence-electron chi connectivity index (χ1n) is 4.99. The molecule has 1 unspecified atom stereocenters. The Morgan fingerprint density at radius 3 is 2.33 bits per heavy atom. The highest BCUT2D eigenvalue weighted by Crippen LogP contribution is 2.10. The summed E-state index contributed by atoms with van der Waals surface area (Å²) >= 11 is 0. The van der Waals surface area contributed by atoms with Gasteiger partial charge >= 0.3 is 6.09 Å². The van der Waals surface area contributed by atoms with Crippen LogP contribution in [0.15, 0.2) is 0 Å². The molecule has 90 valence electrons. The van der Waals surface area contributed by atoms with E-state index in [0.29, 0.717) is 13.0 Å². The van der Waals surface area contributed by atoms with Gasteiger partial charge in [-0.3, -0.25) is 4.84 Å². The molecule has 1 atom stereocenters. The summed E-state index contributed by atoms with van der Waals surface area (Å²) in [5, 5.41) is 10.2. The Hall–Kier alpha value is -0.810. The van der Waals surface area contributed by atoms with Crippen LogP contribution in [0.5, 0.6) is 0 Å². The van der Waals surface area contributed by atoms with Crippen LogP contribution in [0, 0.1) is 0 Å². The average Bonchev–Trinajstić information content (AvgIpc) is 2.01. The van der Waals surface area contributed by atoms with Crippen LogP contribution in [0.2, 0.25) is 0 Å². The van der Waals surface area contributed by atoms with Crippen LogP contribution in [0.25, 0.3) is 0 Å². The summed E-state index contributed by atoms with van der Waals surface area (Å²) in [6, 6.07) is 0. The Kier molecular flexibility index (Phi) is 5.60. The molecule has 5 heteroatoms. The van der Waals surface area contributed by atoms with Gasteiger partial charge in [-0.1, -0.05) is 0 Å². The summed E-state index contributed by atoms with van der Waals surface area (Å²) in [6.07, 6.45) is -0.552. The molecule has 0 saturated heterocycles. The van der Waals surface area contributed by atoms with Crippen molar-refractivity contribution in [2.75, 3.05) is 13.7 Å². The predicted molar refractivity (Wildman–Crippen MR) is 56.2 cm³/mol. The molecule has 15 heavy (non-hydrogen) atoms. The monoisotopic (exact) mass is 219 g/mol. The van der Waals surface area contributed by atoms with Gasteiger partial charge < -0.3 is 9.84 Å². The first-order valence-corrected chi connectivity index (χ1v) is 4.99. The first kappa shape index (κ1) is 14.2. The fourth-order valence-electron chi connectivity index (χ4n) is 0.874. The van der Waals surface area contributed by atoms with Gasteiger partial charge in [0.1, 0.15) is 5.60 Å². The highest BCUT2D eigenvalue weighted by Gasteiger charge is 2.22. The van der Waals surface area contributed by atoms with Crippen LogP contribution in [-0.2, 0) is 9.57 Å². The quantitative estimate of drug-likeness (QED) is 0.729. The van der Waals surface area contributed by atoms with Crippen LogP contribution < -0.4 is 0 Å². The molecule has 1 amide bonds. The molecule has 0 heterocycles. The predicted octanol–water partition coefficient (Wildman–Crippen LogP) is 1.56. The first-order chi connectivity index (χ1) is 6.76. The number of nitrogens with zero attached hydrogens (tertiary/aromatic N) is 1. The molecule has 0 rings (SSSR count). The van der Waals surface area contributed by atoms with Crippen LogP contribution in [0.3, 0.4) is 0 Å². The number of carbonyl (C=O) groups is 1. The second-order valence-electron chi connectivity index (χ2n) is 4.40. The molecule has 0 spiro atoms. The third kappa shape index (κ3) is 7.16. The van der Waals surface area contributed by atoms with Crippen molar-refractivity contribution in [3.8, 4) is 0 Å². The lowest BCUT2D eigenvalue weighted by Gasteiger charge is -2.25. The second kappa shape index (κ2) is 5.92. The van der Waals surface area contributed by atoms with E-state index in [2.05, 4.69) is 0 Å². The molecule has 0 aromatic carbocycles. The summed E-state index contributed by atoms with van der Waals surface area (Å²) in [7, 11) is 1.39. The summed E-state index contributed by atoms with van der Waals surface area (Å²) in [4.78, 5) is 16.4. The van der Waals surface area contributed by atoms with E-state index in [9.17, 15) is 4.79 Å². The molecule has 5 nitrogen and oxygen atoms in total. The number of amides is 1. The smallest absolute Gasteiger partial charge is 0.434 e. The van der Waals surface area contributed by atoms with Crippen molar-refractivity contribution in [2.45, 2.75) is 45.8 Å². The summed E-state index contributed by atoms with van der Waals surface area (Å²) < 4.78 is 5.10. The van der Waals surface area contributed by atoms with Crippen molar-refractivity contribution in [3.63, 3.8) is 0 Å². The van der Waals surface area contributed by atoms with Gasteiger partial charge in [0.05, 0.1) is 19.8 Å². The molecule has 0 aliphatic rings. The van der Waals surface area contributed by atoms with E-state index >= 15 is 0 Å². The van der Waals surface area contributed by atoms with Gasteiger partial charge in [-0.2, -0.15) is 5.06 Å². The van der Waals surface area contributed by atoms with Gasteiger partial charge in [-0.25, -0.2) is 4.79 Å². The minimum atomic E-state index is -0.543. The molecular weight excluding hydrogens is 198 g/mol. The topological polar surface area (TPSA) is 59.0 Å². The molecule has 0 aromatic rings. The van der Waals surface area contributed by atoms with E-state index in [4.69, 9.17) is 14.7 Å². The van der Waals surface area contributed by atoms with E-state index in [1.54, 1.807) is 27.7 Å². The van der Waals surface area contributed by atoms with Crippen LogP contribution in [0.4, 0.5) is 4.79 Å². The summed E-state index contributed by atoms with van der Waals surface area (Å²) in [5.74, 6) is 0. The van der Waals surface area contributed by atoms with E-state index in [1.807, 2.05) is 0 Å². The Labute approximate surface area is 90.9 Å². The summed E-state index contributed by atoms with van der Waals surface area (Å²) in [6.45, 7) is 7.32. The molecule has 1 N–H and O–H groups in total. The Bertz CT molecular complexity index is 198. The molecule has 0 aliphatic heterocycles. The lowest BCUT2D eigenvalue weighted by Crippen LogP contribution is -2.37. The molecule has 0 aliphatic carbocycles. The Balaban J connectivity index is 4.11. The third-order valence-corrected chi connectivity index (χ3v) is 1.57. The fraction of sp³-hybridized carbons (Fsp3) is 0.900. The molecular formula is C10H21NO4. The van der Waals surface area contributed by atoms with Gasteiger partial charge in [-0.15, -0.1) is 0 Å². The molecule has 0 aromatic heterocycles. The minimum Gasteiger partial charge on any atom is -0.442 e. The third-order valence-electron chi connectivity index (χ3n) is 1.57. The lowest BCUT2D eigenvalue weighted by atomic mass is 10.2. The maximum atomic E-state index is 11.5. The van der Waals surface area contributed by atoms with Crippen molar-refractivity contribution in [1.29, 1.82) is 0 Å². The van der Waals surface area contributed by atoms with Crippen LogP contribution >= 0.6 is 0 Å². The van der Waals surface area contributed by atoms with Crippen molar-refractivity contribution >= 4 is 6.09 Å². The van der Waals surface area contributed by atoms with Crippen molar-refractivity contribution in [3.05, 3.63) is 0 Å². The Morgan fingerprint density at radius 2 is 2.00 bits per heavy atom. The number of hydrogen-bond donors (Lipinski definition) is 1. The van der Waals surface area contributed by atoms with Crippen molar-refractivity contribution < 1.29 is 19.5 Å². The van der Waals surface area contributed by atoms with Crippen LogP contribution in [-0.4, -0.2) is 41.6 Å². The van der Waals surface area contributed by atoms with Crippen molar-refractivity contribution in [2.24, 2.45) is 0 Å². The lowest BCUT2D eigenvalue weighted by molar-refractivity contribution is -0.126. The van der Waals surface area contributed by atoms with E-state index < -0.39 is 17.8 Å². The van der Waals surface area contributed by atoms with E-state index in [-0.39, 0.29) is 0 Å². The number of carbonyl (C=O) groups excluding carboxylic acids is 1. The Morgan fingerprint density at radius 1 is 1.47 bits per heavy atom. The largest absolute Gasteiger partial charge is 0.442 e. The molecule has 0 fully saturated rings. The van der Waals surface area contributed by atoms with Gasteiger partial charge in [-0.05, 0) is 34.1 Å².